The van der Waals surface area contributed by atoms with Gasteiger partial charge in [-0.25, -0.2) is 4.98 Å². The van der Waals surface area contributed by atoms with Crippen LogP contribution in [0.25, 0.3) is 10.9 Å². The van der Waals surface area contributed by atoms with E-state index >= 15 is 0 Å². The van der Waals surface area contributed by atoms with Crippen molar-refractivity contribution in [1.29, 1.82) is 0 Å². The summed E-state index contributed by atoms with van der Waals surface area (Å²) in [6, 6.07) is 5.63. The van der Waals surface area contributed by atoms with E-state index in [4.69, 9.17) is 11.6 Å². The Hall–Kier alpha value is -1.39. The minimum atomic E-state index is -0.0532. The highest BCUT2D eigenvalue weighted by Gasteiger charge is 2.21. The highest BCUT2D eigenvalue weighted by molar-refractivity contribution is 6.28. The van der Waals surface area contributed by atoms with E-state index < -0.39 is 0 Å². The Morgan fingerprint density at radius 1 is 1.50 bits per heavy atom. The summed E-state index contributed by atoms with van der Waals surface area (Å²) in [7, 11) is 0. The van der Waals surface area contributed by atoms with Crippen molar-refractivity contribution in [2.75, 3.05) is 6.54 Å². The first kappa shape index (κ1) is 11.7. The lowest BCUT2D eigenvalue weighted by molar-refractivity contribution is 0.453. The van der Waals surface area contributed by atoms with Gasteiger partial charge in [0.15, 0.2) is 0 Å². The number of nitrogens with one attached hydrogen (secondary N) is 1. The predicted octanol–water partition coefficient (Wildman–Crippen LogP) is 2.24. The summed E-state index contributed by atoms with van der Waals surface area (Å²) in [5.41, 5.74) is 1.55. The Bertz CT molecular complexity index is 659. The lowest BCUT2D eigenvalue weighted by Gasteiger charge is -2.16. The monoisotopic (exact) mass is 263 g/mol. The van der Waals surface area contributed by atoms with Crippen molar-refractivity contribution >= 4 is 22.5 Å². The molecule has 0 bridgehead atoms. The van der Waals surface area contributed by atoms with E-state index in [1.54, 1.807) is 4.57 Å². The first-order valence-corrected chi connectivity index (χ1v) is 6.47. The van der Waals surface area contributed by atoms with Gasteiger partial charge >= 0.3 is 0 Å². The van der Waals surface area contributed by atoms with E-state index in [9.17, 15) is 4.79 Å². The van der Waals surface area contributed by atoms with E-state index in [2.05, 4.69) is 10.3 Å². The van der Waals surface area contributed by atoms with Crippen molar-refractivity contribution in [3.63, 3.8) is 0 Å². The van der Waals surface area contributed by atoms with Gasteiger partial charge in [-0.1, -0.05) is 12.1 Å². The fourth-order valence-corrected chi connectivity index (χ4v) is 2.82. The molecule has 1 aliphatic heterocycles. The zero-order valence-electron chi connectivity index (χ0n) is 10.1. The second kappa shape index (κ2) is 4.37. The molecule has 1 N–H and O–H groups in total. The zero-order valence-corrected chi connectivity index (χ0v) is 10.9. The Labute approximate surface area is 110 Å². The van der Waals surface area contributed by atoms with Gasteiger partial charge in [-0.05, 0) is 49.5 Å². The number of fused-ring (bicyclic) bond motifs is 1. The second-order valence-electron chi connectivity index (χ2n) is 4.64. The molecule has 0 spiro atoms. The second-order valence-corrected chi connectivity index (χ2v) is 4.98. The van der Waals surface area contributed by atoms with Crippen LogP contribution >= 0.6 is 11.6 Å². The van der Waals surface area contributed by atoms with Gasteiger partial charge in [0.1, 0.15) is 0 Å². The molecule has 1 aliphatic rings. The molecule has 1 saturated heterocycles. The highest BCUT2D eigenvalue weighted by Crippen LogP contribution is 2.21. The van der Waals surface area contributed by atoms with Crippen molar-refractivity contribution in [2.45, 2.75) is 25.9 Å². The molecule has 1 aromatic carbocycles. The minimum absolute atomic E-state index is 0.0264. The van der Waals surface area contributed by atoms with Crippen LogP contribution in [0.2, 0.25) is 5.28 Å². The molecule has 0 radical (unpaired) electrons. The highest BCUT2D eigenvalue weighted by atomic mass is 35.5. The van der Waals surface area contributed by atoms with Crippen LogP contribution in [-0.2, 0) is 0 Å². The molecule has 2 heterocycles. The normalized spacial score (nSPS) is 19.6. The summed E-state index contributed by atoms with van der Waals surface area (Å²) >= 11 is 6.15. The number of hydrogen-bond donors (Lipinski definition) is 1. The topological polar surface area (TPSA) is 46.9 Å². The van der Waals surface area contributed by atoms with Crippen LogP contribution in [0.3, 0.4) is 0 Å². The van der Waals surface area contributed by atoms with Gasteiger partial charge in [0.05, 0.1) is 17.1 Å². The summed E-state index contributed by atoms with van der Waals surface area (Å²) < 4.78 is 1.57. The van der Waals surface area contributed by atoms with Gasteiger partial charge < -0.3 is 0 Å². The maximum absolute atomic E-state index is 12.6. The number of nitrogens with zero attached hydrogens (tertiary/aromatic N) is 2. The van der Waals surface area contributed by atoms with Gasteiger partial charge in [0.2, 0.25) is 5.28 Å². The average molecular weight is 264 g/mol. The van der Waals surface area contributed by atoms with Crippen LogP contribution in [0.1, 0.15) is 24.6 Å². The SMILES string of the molecule is Cc1cccc2nc(Cl)n(C3CCCN3)c(=O)c12. The van der Waals surface area contributed by atoms with Crippen molar-refractivity contribution < 1.29 is 0 Å². The van der Waals surface area contributed by atoms with Gasteiger partial charge in [0.25, 0.3) is 5.56 Å². The molecule has 0 aliphatic carbocycles. The van der Waals surface area contributed by atoms with Gasteiger partial charge in [-0.2, -0.15) is 0 Å². The fourth-order valence-electron chi connectivity index (χ4n) is 2.54. The lowest BCUT2D eigenvalue weighted by Crippen LogP contribution is -2.32. The third-order valence-corrected chi connectivity index (χ3v) is 3.71. The van der Waals surface area contributed by atoms with E-state index in [1.807, 2.05) is 25.1 Å². The molecule has 2 aromatic rings. The molecule has 0 amide bonds. The fraction of sp³-hybridized carbons (Fsp3) is 0.385. The zero-order chi connectivity index (χ0) is 12.7. The lowest BCUT2D eigenvalue weighted by atomic mass is 10.1. The third-order valence-electron chi connectivity index (χ3n) is 3.44. The molecule has 0 saturated carbocycles. The third kappa shape index (κ3) is 1.72. The molecular weight excluding hydrogens is 250 g/mol. The molecule has 94 valence electrons. The van der Waals surface area contributed by atoms with Crippen LogP contribution in [0.15, 0.2) is 23.0 Å². The number of hydrogen-bond acceptors (Lipinski definition) is 3. The van der Waals surface area contributed by atoms with Crippen molar-refractivity contribution in [3.8, 4) is 0 Å². The molecular formula is C13H14ClN3O. The smallest absolute Gasteiger partial charge is 0.263 e. The molecule has 3 rings (SSSR count). The maximum atomic E-state index is 12.6. The van der Waals surface area contributed by atoms with Crippen molar-refractivity contribution in [2.24, 2.45) is 0 Å². The van der Waals surface area contributed by atoms with Crippen molar-refractivity contribution in [3.05, 3.63) is 39.4 Å². The minimum Gasteiger partial charge on any atom is -0.297 e. The summed E-state index contributed by atoms with van der Waals surface area (Å²) in [4.78, 5) is 16.9. The van der Waals surface area contributed by atoms with Crippen LogP contribution in [0.5, 0.6) is 0 Å². The Balaban J connectivity index is 2.32. The number of rotatable bonds is 1. The van der Waals surface area contributed by atoms with E-state index in [-0.39, 0.29) is 17.0 Å². The van der Waals surface area contributed by atoms with Gasteiger partial charge in [0, 0.05) is 0 Å². The average Bonchev–Trinajstić information content (AvgIpc) is 2.82. The van der Waals surface area contributed by atoms with E-state index in [0.29, 0.717) is 10.9 Å². The number of benzene rings is 1. The van der Waals surface area contributed by atoms with Crippen molar-refractivity contribution in [1.82, 2.24) is 14.9 Å². The molecule has 5 heteroatoms. The van der Waals surface area contributed by atoms with E-state index in [1.165, 1.54) is 0 Å². The number of halogens is 1. The Kier molecular flexibility index (Phi) is 2.84. The molecule has 1 atom stereocenters. The quantitative estimate of drug-likeness (QED) is 0.803. The van der Waals surface area contributed by atoms with Gasteiger partial charge in [-0.15, -0.1) is 0 Å². The number of aryl methyl sites for hydroxylation is 1. The standard InChI is InChI=1S/C13H14ClN3O/c1-8-4-2-5-9-11(8)12(18)17(13(14)16-9)10-6-3-7-15-10/h2,4-5,10,15H,3,6-7H2,1H3. The molecule has 4 nitrogen and oxygen atoms in total. The van der Waals surface area contributed by atoms with Crippen LogP contribution in [0.4, 0.5) is 0 Å². The maximum Gasteiger partial charge on any atom is 0.263 e. The largest absolute Gasteiger partial charge is 0.297 e. The summed E-state index contributed by atoms with van der Waals surface area (Å²) in [6.07, 6.45) is 1.94. The van der Waals surface area contributed by atoms with Crippen LogP contribution in [-0.4, -0.2) is 16.1 Å². The van der Waals surface area contributed by atoms with E-state index in [0.717, 1.165) is 24.9 Å². The molecule has 1 unspecified atom stereocenters. The molecule has 1 fully saturated rings. The number of aromatic nitrogens is 2. The van der Waals surface area contributed by atoms with Crippen LogP contribution in [0, 0.1) is 6.92 Å². The molecule has 1 aromatic heterocycles. The first-order chi connectivity index (χ1) is 8.68. The first-order valence-electron chi connectivity index (χ1n) is 6.09. The summed E-state index contributed by atoms with van der Waals surface area (Å²) in [5, 5.41) is 4.20. The Morgan fingerprint density at radius 3 is 3.06 bits per heavy atom. The summed E-state index contributed by atoms with van der Waals surface area (Å²) in [6.45, 7) is 2.84. The Morgan fingerprint density at radius 2 is 2.33 bits per heavy atom. The van der Waals surface area contributed by atoms with Gasteiger partial charge in [-0.3, -0.25) is 14.7 Å². The van der Waals surface area contributed by atoms with Crippen LogP contribution < -0.4 is 10.9 Å². The predicted molar refractivity (Wildman–Crippen MR) is 72.0 cm³/mol. The molecule has 18 heavy (non-hydrogen) atoms. The summed E-state index contributed by atoms with van der Waals surface area (Å²) in [5.74, 6) is 0.